The summed E-state index contributed by atoms with van der Waals surface area (Å²) in [6.45, 7) is 0. The lowest BCUT2D eigenvalue weighted by atomic mass is 9.49. The highest BCUT2D eigenvalue weighted by atomic mass is 35.5. The van der Waals surface area contributed by atoms with E-state index in [0.717, 1.165) is 24.9 Å². The Morgan fingerprint density at radius 1 is 1.00 bits per heavy atom. The fraction of sp³-hybridized carbons (Fsp3) is 0.571. The summed E-state index contributed by atoms with van der Waals surface area (Å²) in [6, 6.07) is 6.77. The van der Waals surface area contributed by atoms with Crippen LogP contribution in [0.1, 0.15) is 38.5 Å². The van der Waals surface area contributed by atoms with Crippen molar-refractivity contribution in [3.8, 4) is 0 Å². The molecule has 0 radical (unpaired) electrons. The topological polar surface area (TPSA) is 54.5 Å². The maximum absolute atomic E-state index is 13.9. The van der Waals surface area contributed by atoms with Gasteiger partial charge in [0.1, 0.15) is 0 Å². The van der Waals surface area contributed by atoms with Gasteiger partial charge in [-0.1, -0.05) is 11.6 Å². The van der Waals surface area contributed by atoms with E-state index in [4.69, 9.17) is 11.6 Å². The Morgan fingerprint density at radius 2 is 1.56 bits per heavy atom. The molecule has 6 rings (SSSR count). The molecule has 1 aromatic rings. The van der Waals surface area contributed by atoms with Gasteiger partial charge in [0.05, 0.1) is 17.2 Å². The zero-order chi connectivity index (χ0) is 18.8. The van der Waals surface area contributed by atoms with Crippen LogP contribution in [0.4, 0.5) is 5.69 Å². The van der Waals surface area contributed by atoms with Crippen molar-refractivity contribution in [1.82, 2.24) is 0 Å². The van der Waals surface area contributed by atoms with Gasteiger partial charge in [-0.3, -0.25) is 4.79 Å². The van der Waals surface area contributed by atoms with E-state index < -0.39 is 15.9 Å². The van der Waals surface area contributed by atoms with Gasteiger partial charge < -0.3 is 4.90 Å². The normalized spacial score (nSPS) is 38.3. The Hall–Kier alpha value is -1.33. The van der Waals surface area contributed by atoms with E-state index in [1.54, 1.807) is 23.1 Å². The maximum atomic E-state index is 13.9. The summed E-state index contributed by atoms with van der Waals surface area (Å²) in [7, 11) is -3.25. The van der Waals surface area contributed by atoms with Gasteiger partial charge in [-0.25, -0.2) is 8.42 Å². The monoisotopic (exact) mass is 405 g/mol. The van der Waals surface area contributed by atoms with Gasteiger partial charge in [0.15, 0.2) is 9.84 Å². The van der Waals surface area contributed by atoms with Gasteiger partial charge >= 0.3 is 0 Å². The summed E-state index contributed by atoms with van der Waals surface area (Å²) in [5.74, 6) is 2.07. The molecule has 4 nitrogen and oxygen atoms in total. The highest BCUT2D eigenvalue weighted by Gasteiger charge is 2.56. The molecule has 0 saturated heterocycles. The molecule has 6 heteroatoms. The minimum absolute atomic E-state index is 0.0340. The lowest BCUT2D eigenvalue weighted by molar-refractivity contribution is -0.143. The standard InChI is InChI=1S/C21H24ClNO3S/c22-17-1-3-18(4-2-17)23(19-5-6-27(25,26)13-19)20(24)21-10-14-7-15(11-21)9-16(8-14)12-21/h1-6,14-16,19H,7-13H2/t14?,15?,16?,19-,21?/m0/s1. The number of benzene rings is 1. The zero-order valence-corrected chi connectivity index (χ0v) is 16.8. The van der Waals surface area contributed by atoms with Crippen LogP contribution >= 0.6 is 11.6 Å². The molecule has 1 amide bonds. The molecular weight excluding hydrogens is 382 g/mol. The number of hydrogen-bond acceptors (Lipinski definition) is 3. The van der Waals surface area contributed by atoms with E-state index in [1.165, 1.54) is 24.7 Å². The van der Waals surface area contributed by atoms with E-state index in [2.05, 4.69) is 0 Å². The second-order valence-electron chi connectivity index (χ2n) is 9.07. The Balaban J connectivity index is 1.53. The Morgan fingerprint density at radius 3 is 2.04 bits per heavy atom. The van der Waals surface area contributed by atoms with Gasteiger partial charge in [0, 0.05) is 16.1 Å². The van der Waals surface area contributed by atoms with Crippen molar-refractivity contribution < 1.29 is 13.2 Å². The number of carbonyl (C=O) groups excluding carboxylic acids is 1. The average molecular weight is 406 g/mol. The van der Waals surface area contributed by atoms with E-state index in [9.17, 15) is 13.2 Å². The minimum Gasteiger partial charge on any atom is -0.304 e. The number of halogens is 1. The van der Waals surface area contributed by atoms with Crippen LogP contribution in [0.5, 0.6) is 0 Å². The molecule has 1 aliphatic heterocycles. The molecule has 0 spiro atoms. The fourth-order valence-electron chi connectivity index (χ4n) is 6.41. The van der Waals surface area contributed by atoms with Crippen LogP contribution < -0.4 is 4.90 Å². The van der Waals surface area contributed by atoms with Gasteiger partial charge in [0.2, 0.25) is 5.91 Å². The SMILES string of the molecule is O=C(N(c1ccc(Cl)cc1)[C@H]1C=CS(=O)(=O)C1)C12CC3CC(CC(C3)C1)C2. The summed E-state index contributed by atoms with van der Waals surface area (Å²) in [5.41, 5.74) is 0.432. The van der Waals surface area contributed by atoms with Crippen LogP contribution in [-0.2, 0) is 14.6 Å². The van der Waals surface area contributed by atoms with Crippen molar-refractivity contribution in [2.75, 3.05) is 10.7 Å². The maximum Gasteiger partial charge on any atom is 0.233 e. The van der Waals surface area contributed by atoms with Gasteiger partial charge in [-0.15, -0.1) is 0 Å². The van der Waals surface area contributed by atoms with E-state index >= 15 is 0 Å². The predicted octanol–water partition coefficient (Wildman–Crippen LogP) is 4.20. The molecule has 1 atom stereocenters. The Bertz CT molecular complexity index is 871. The minimum atomic E-state index is -3.25. The summed E-state index contributed by atoms with van der Waals surface area (Å²) in [4.78, 5) is 15.7. The molecule has 0 unspecified atom stereocenters. The first-order valence-corrected chi connectivity index (χ1v) is 11.9. The summed E-state index contributed by atoms with van der Waals surface area (Å²) in [6.07, 6.45) is 8.37. The van der Waals surface area contributed by atoms with Crippen LogP contribution in [0.15, 0.2) is 35.7 Å². The van der Waals surface area contributed by atoms with Gasteiger partial charge in [-0.05, 0) is 86.6 Å². The highest BCUT2D eigenvalue weighted by Crippen LogP contribution is 2.60. The summed E-state index contributed by atoms with van der Waals surface area (Å²) in [5, 5.41) is 1.86. The first-order valence-electron chi connectivity index (χ1n) is 9.84. The number of rotatable bonds is 3. The van der Waals surface area contributed by atoms with Crippen LogP contribution in [0.2, 0.25) is 5.02 Å². The van der Waals surface area contributed by atoms with Crippen molar-refractivity contribution in [2.45, 2.75) is 44.6 Å². The molecule has 4 aliphatic carbocycles. The number of sulfone groups is 1. The van der Waals surface area contributed by atoms with Crippen molar-refractivity contribution in [1.29, 1.82) is 0 Å². The van der Waals surface area contributed by atoms with Gasteiger partial charge in [0.25, 0.3) is 0 Å². The molecule has 4 bridgehead atoms. The van der Waals surface area contributed by atoms with E-state index in [1.807, 2.05) is 12.1 Å². The second-order valence-corrected chi connectivity index (χ2v) is 11.4. The Labute approximate surface area is 165 Å². The number of anilines is 1. The Kier molecular flexibility index (Phi) is 4.00. The van der Waals surface area contributed by atoms with Crippen LogP contribution in [0.3, 0.4) is 0 Å². The first kappa shape index (κ1) is 17.7. The quantitative estimate of drug-likeness (QED) is 0.757. The smallest absolute Gasteiger partial charge is 0.233 e. The second kappa shape index (κ2) is 6.08. The molecule has 0 N–H and O–H groups in total. The van der Waals surface area contributed by atoms with Gasteiger partial charge in [-0.2, -0.15) is 0 Å². The van der Waals surface area contributed by atoms with Crippen molar-refractivity contribution in [3.63, 3.8) is 0 Å². The average Bonchev–Trinajstić information content (AvgIpc) is 2.95. The van der Waals surface area contributed by atoms with E-state index in [0.29, 0.717) is 22.8 Å². The van der Waals surface area contributed by atoms with E-state index in [-0.39, 0.29) is 17.1 Å². The molecular formula is C21H24ClNO3S. The molecule has 1 heterocycles. The first-order chi connectivity index (χ1) is 12.8. The predicted molar refractivity (Wildman–Crippen MR) is 106 cm³/mol. The fourth-order valence-corrected chi connectivity index (χ4v) is 7.80. The van der Waals surface area contributed by atoms with Crippen molar-refractivity contribution >= 4 is 33.0 Å². The molecule has 4 saturated carbocycles. The third kappa shape index (κ3) is 3.03. The van der Waals surface area contributed by atoms with Crippen LogP contribution in [0, 0.1) is 23.2 Å². The number of nitrogens with zero attached hydrogens (tertiary/aromatic N) is 1. The van der Waals surface area contributed by atoms with Crippen molar-refractivity contribution in [3.05, 3.63) is 40.8 Å². The lowest BCUT2D eigenvalue weighted by Crippen LogP contribution is -2.57. The summed E-state index contributed by atoms with van der Waals surface area (Å²) < 4.78 is 24.1. The molecule has 144 valence electrons. The third-order valence-electron chi connectivity index (χ3n) is 7.06. The van der Waals surface area contributed by atoms with Crippen LogP contribution in [-0.4, -0.2) is 26.1 Å². The number of carbonyl (C=O) groups is 1. The molecule has 0 aromatic heterocycles. The largest absolute Gasteiger partial charge is 0.304 e. The molecule has 5 aliphatic rings. The van der Waals surface area contributed by atoms with Crippen molar-refractivity contribution in [2.24, 2.45) is 23.2 Å². The summed E-state index contributed by atoms with van der Waals surface area (Å²) >= 11 is 6.04. The number of amides is 1. The molecule has 27 heavy (non-hydrogen) atoms. The third-order valence-corrected chi connectivity index (χ3v) is 8.69. The molecule has 1 aromatic carbocycles. The molecule has 4 fully saturated rings. The number of hydrogen-bond donors (Lipinski definition) is 0. The van der Waals surface area contributed by atoms with Crippen LogP contribution in [0.25, 0.3) is 0 Å². The lowest BCUT2D eigenvalue weighted by Gasteiger charge is -2.57. The highest BCUT2D eigenvalue weighted by molar-refractivity contribution is 7.94. The zero-order valence-electron chi connectivity index (χ0n) is 15.2.